The normalized spacial score (nSPS) is 49.4. The molecule has 3 heteroatoms. The summed E-state index contributed by atoms with van der Waals surface area (Å²) in [4.78, 5) is 0. The van der Waals surface area contributed by atoms with Crippen molar-refractivity contribution in [1.82, 2.24) is 0 Å². The van der Waals surface area contributed by atoms with Crippen molar-refractivity contribution in [3.8, 4) is 0 Å². The average Bonchev–Trinajstić information content (AvgIpc) is 2.56. The predicted octanol–water partition coefficient (Wildman–Crippen LogP) is 1.83. The van der Waals surface area contributed by atoms with Gasteiger partial charge in [0.1, 0.15) is 5.60 Å². The first-order chi connectivity index (χ1) is 7.76. The molecule has 0 aromatic carbocycles. The molecule has 2 rings (SSSR count). The monoisotopic (exact) mass is 230 g/mol. The van der Waals surface area contributed by atoms with Crippen LogP contribution in [-0.4, -0.2) is 38.1 Å². The zero-order valence-corrected chi connectivity index (χ0v) is 11.2. The van der Waals surface area contributed by atoms with Crippen molar-refractivity contribution >= 4 is 0 Å². The largest absolute Gasteiger partial charge is 0.390 e. The minimum Gasteiger partial charge on any atom is -0.390 e. The van der Waals surface area contributed by atoms with Gasteiger partial charge in [0.25, 0.3) is 0 Å². The molecule has 2 fully saturated rings. The van der Waals surface area contributed by atoms with Crippen LogP contribution < -0.4 is 0 Å². The number of ether oxygens (including phenoxy) is 2. The highest BCUT2D eigenvalue weighted by Crippen LogP contribution is 2.67. The van der Waals surface area contributed by atoms with E-state index in [1.807, 2.05) is 0 Å². The van der Waals surface area contributed by atoms with Crippen LogP contribution in [0.5, 0.6) is 0 Å². The highest BCUT2D eigenvalue weighted by atomic mass is 16.6. The van der Waals surface area contributed by atoms with Gasteiger partial charge in [0.05, 0.1) is 18.8 Å². The van der Waals surface area contributed by atoms with Gasteiger partial charge in [0.15, 0.2) is 0 Å². The Morgan fingerprint density at radius 2 is 2.00 bits per heavy atom. The fraction of sp³-hybridized carbons (Fsp3) is 1.00. The summed E-state index contributed by atoms with van der Waals surface area (Å²) in [5, 5.41) is 5.04. The Bertz CT molecular complexity index is 316. The highest BCUT2D eigenvalue weighted by molar-refractivity contribution is 5.22. The molecule has 2 aliphatic rings. The van der Waals surface area contributed by atoms with Crippen molar-refractivity contribution in [2.75, 3.05) is 13.7 Å². The van der Waals surface area contributed by atoms with Gasteiger partial charge >= 0.3 is 0 Å². The van der Waals surface area contributed by atoms with Crippen molar-refractivity contribution in [3.05, 3.63) is 0 Å². The number of methoxy groups -OCH3 is 1. The molecule has 1 aliphatic heterocycles. The van der Waals surface area contributed by atoms with E-state index in [1.54, 1.807) is 7.11 Å². The minimum absolute atomic E-state index is 0.0644. The van der Waals surface area contributed by atoms with Gasteiger partial charge in [-0.3, -0.25) is 0 Å². The van der Waals surface area contributed by atoms with Crippen LogP contribution >= 0.6 is 0 Å². The van der Waals surface area contributed by atoms with E-state index in [1.165, 1.54) is 0 Å². The number of aliphatic hydroxyl groups excluding tert-OH is 1. The molecule has 4 unspecified atom stereocenters. The van der Waals surface area contributed by atoms with Crippen LogP contribution in [0, 0.1) is 16.7 Å². The van der Waals surface area contributed by atoms with Crippen molar-refractivity contribution in [2.45, 2.75) is 52.4 Å². The summed E-state index contributed by atoms with van der Waals surface area (Å²) in [6, 6.07) is 0. The van der Waals surface area contributed by atoms with Crippen molar-refractivity contribution < 1.29 is 14.6 Å². The number of hydrogen-bond donors (Lipinski definition) is 1. The first-order valence-electron chi connectivity index (χ1n) is 6.46. The van der Waals surface area contributed by atoms with Crippen molar-refractivity contribution in [2.24, 2.45) is 16.7 Å². The van der Waals surface area contributed by atoms with Gasteiger partial charge in [-0.1, -0.05) is 27.7 Å². The summed E-state index contributed by atoms with van der Waals surface area (Å²) in [5.74, 6) is 0.241. The summed E-state index contributed by atoms with van der Waals surface area (Å²) < 4.78 is 19.0. The Morgan fingerprint density at radius 3 is 2.50 bits per heavy atom. The summed E-state index contributed by atoms with van der Waals surface area (Å²) in [5.41, 5.74) is -0.523. The van der Waals surface area contributed by atoms with E-state index in [0.29, 0.717) is 6.61 Å². The first kappa shape index (κ1) is 11.0. The molecule has 1 saturated carbocycles. The van der Waals surface area contributed by atoms with E-state index in [2.05, 4.69) is 34.6 Å². The molecule has 0 aromatic rings. The van der Waals surface area contributed by atoms with Crippen LogP contribution in [0.4, 0.5) is 0 Å². The lowest BCUT2D eigenvalue weighted by Gasteiger charge is -2.52. The van der Waals surface area contributed by atoms with Gasteiger partial charge in [-0.25, -0.2) is 0 Å². The summed E-state index contributed by atoms with van der Waals surface area (Å²) in [6.07, 6.45) is -0.0917. The van der Waals surface area contributed by atoms with Gasteiger partial charge < -0.3 is 14.6 Å². The number of fused-ring (bicyclic) bond motifs is 2. The molecule has 94 valence electrons. The molecule has 0 amide bonds. The van der Waals surface area contributed by atoms with Crippen molar-refractivity contribution in [3.63, 3.8) is 0 Å². The van der Waals surface area contributed by atoms with E-state index in [4.69, 9.17) is 16.0 Å². The van der Waals surface area contributed by atoms with E-state index in [0.717, 1.165) is 0 Å². The fourth-order valence-electron chi connectivity index (χ4n) is 3.95. The number of rotatable bonds is 3. The highest BCUT2D eigenvalue weighted by Gasteiger charge is 2.75. The topological polar surface area (TPSA) is 38.7 Å². The Balaban J connectivity index is 2.52. The Labute approximate surface area is 99.6 Å². The van der Waals surface area contributed by atoms with Gasteiger partial charge in [-0.15, -0.1) is 0 Å². The van der Waals surface area contributed by atoms with Crippen LogP contribution in [0.3, 0.4) is 0 Å². The first-order valence-corrected chi connectivity index (χ1v) is 6.05. The lowest BCUT2D eigenvalue weighted by molar-refractivity contribution is -0.213. The summed E-state index contributed by atoms with van der Waals surface area (Å²) in [6.45, 7) is 11.5. The molecular weight excluding hydrogens is 204 g/mol. The molecule has 1 saturated heterocycles. The lowest BCUT2D eigenvalue weighted by atomic mass is 9.61. The molecule has 4 atom stereocenters. The number of aliphatic hydroxyl groups is 1. The fourth-order valence-corrected chi connectivity index (χ4v) is 3.95. The van der Waals surface area contributed by atoms with Crippen molar-refractivity contribution in [1.29, 1.82) is 1.43 Å². The van der Waals surface area contributed by atoms with Gasteiger partial charge in [-0.05, 0) is 12.3 Å². The van der Waals surface area contributed by atoms with Gasteiger partial charge in [-0.2, -0.15) is 0 Å². The third kappa shape index (κ3) is 1.05. The Hall–Kier alpha value is -0.120. The second kappa shape index (κ2) is 3.21. The molecular formula is C13H24O3. The average molecular weight is 230 g/mol. The quantitative estimate of drug-likeness (QED) is 0.804. The Kier molecular flexibility index (Phi) is 2.21. The Morgan fingerprint density at radius 1 is 1.38 bits per heavy atom. The van der Waals surface area contributed by atoms with Crippen LogP contribution in [0.25, 0.3) is 0 Å². The summed E-state index contributed by atoms with van der Waals surface area (Å²) >= 11 is 0. The van der Waals surface area contributed by atoms with Gasteiger partial charge in [0, 0.05) is 18.4 Å². The summed E-state index contributed by atoms with van der Waals surface area (Å²) in [7, 11) is 1.68. The SMILES string of the molecule is [3H]OC1C2C(C)OC1(COC)C(C)(C)C2(C)C. The molecule has 0 aromatic heterocycles. The van der Waals surface area contributed by atoms with E-state index < -0.39 is 5.60 Å². The standard InChI is InChI=1S/C13H24O3/c1-8-9-10(14)13(16-8,7-15-6)12(4,5)11(9,2)3/h8-10,14H,7H2,1-6H3/i14T. The maximum absolute atomic E-state index is 7.41. The molecule has 1 aliphatic carbocycles. The van der Waals surface area contributed by atoms with Crippen LogP contribution in [0.15, 0.2) is 0 Å². The molecule has 3 nitrogen and oxygen atoms in total. The van der Waals surface area contributed by atoms with E-state index in [-0.39, 0.29) is 29.0 Å². The maximum atomic E-state index is 7.41. The minimum atomic E-state index is -0.503. The second-order valence-corrected chi connectivity index (χ2v) is 6.44. The van der Waals surface area contributed by atoms with Gasteiger partial charge in [0.2, 0.25) is 1.43 Å². The lowest BCUT2D eigenvalue weighted by Crippen LogP contribution is -2.57. The third-order valence-electron chi connectivity index (χ3n) is 5.55. The molecule has 0 spiro atoms. The smallest absolute Gasteiger partial charge is 0.211 e. The van der Waals surface area contributed by atoms with E-state index >= 15 is 0 Å². The van der Waals surface area contributed by atoms with Crippen LogP contribution in [-0.2, 0) is 9.47 Å². The van der Waals surface area contributed by atoms with Crippen LogP contribution in [0.1, 0.15) is 34.6 Å². The molecule has 1 N–H and O–H groups in total. The predicted molar refractivity (Wildman–Crippen MR) is 62.2 cm³/mol. The van der Waals surface area contributed by atoms with E-state index in [9.17, 15) is 0 Å². The zero-order valence-electron chi connectivity index (χ0n) is 12.2. The third-order valence-corrected chi connectivity index (χ3v) is 5.55. The maximum Gasteiger partial charge on any atom is 0.211 e. The molecule has 0 radical (unpaired) electrons. The molecule has 1 heterocycles. The van der Waals surface area contributed by atoms with Crippen LogP contribution in [0.2, 0.25) is 0 Å². The molecule has 16 heavy (non-hydrogen) atoms. The second-order valence-electron chi connectivity index (χ2n) is 6.44. The zero-order chi connectivity index (χ0) is 13.1. The number of hydrogen-bond acceptors (Lipinski definition) is 3. The molecule has 2 bridgehead atoms.